The lowest BCUT2D eigenvalue weighted by Gasteiger charge is -2.33. The number of nitrogens with zero attached hydrogens (tertiary/aromatic N) is 1. The van der Waals surface area contributed by atoms with E-state index in [0.29, 0.717) is 19.6 Å². The quantitative estimate of drug-likeness (QED) is 0.799. The second-order valence-electron chi connectivity index (χ2n) is 5.94. The fourth-order valence-corrected chi connectivity index (χ4v) is 3.49. The molecule has 2 amide bonds. The van der Waals surface area contributed by atoms with Gasteiger partial charge in [-0.2, -0.15) is 0 Å². The summed E-state index contributed by atoms with van der Waals surface area (Å²) in [6.07, 6.45) is 0. The topological polar surface area (TPSA) is 58.6 Å². The van der Waals surface area contributed by atoms with Gasteiger partial charge in [-0.1, -0.05) is 52.3 Å². The Morgan fingerprint density at radius 2 is 2.04 bits per heavy atom. The number of halogens is 1. The summed E-state index contributed by atoms with van der Waals surface area (Å²) in [6.45, 7) is 1.22. The lowest BCUT2D eigenvalue weighted by Crippen LogP contribution is -2.45. The van der Waals surface area contributed by atoms with Crippen molar-refractivity contribution in [2.75, 3.05) is 13.7 Å². The van der Waals surface area contributed by atoms with E-state index in [0.717, 1.165) is 21.2 Å². The molecule has 0 radical (unpaired) electrons. The van der Waals surface area contributed by atoms with Gasteiger partial charge >= 0.3 is 12.0 Å². The van der Waals surface area contributed by atoms with Gasteiger partial charge in [0.1, 0.15) is 0 Å². The lowest BCUT2D eigenvalue weighted by molar-refractivity contribution is -0.143. The third-order valence-corrected chi connectivity index (χ3v) is 4.79. The number of carbonyl (C=O) groups excluding carboxylic acids is 2. The maximum Gasteiger partial charge on any atom is 0.318 e. The van der Waals surface area contributed by atoms with Crippen LogP contribution in [0.25, 0.3) is 0 Å². The van der Waals surface area contributed by atoms with E-state index in [1.165, 1.54) is 7.11 Å². The average Bonchev–Trinajstić information content (AvgIpc) is 2.64. The third-order valence-electron chi connectivity index (χ3n) is 4.30. The maximum atomic E-state index is 12.6. The summed E-state index contributed by atoms with van der Waals surface area (Å²) < 4.78 is 5.88. The largest absolute Gasteiger partial charge is 0.468 e. The highest BCUT2D eigenvalue weighted by Crippen LogP contribution is 2.29. The molecule has 1 unspecified atom stereocenters. The lowest BCUT2D eigenvalue weighted by atomic mass is 9.90. The van der Waals surface area contributed by atoms with Crippen LogP contribution in [0, 0.1) is 0 Å². The van der Waals surface area contributed by atoms with Crippen LogP contribution in [0.2, 0.25) is 0 Å². The second-order valence-corrected chi connectivity index (χ2v) is 6.86. The Hall–Kier alpha value is -2.34. The highest BCUT2D eigenvalue weighted by Gasteiger charge is 2.33. The molecule has 0 aromatic heterocycles. The summed E-state index contributed by atoms with van der Waals surface area (Å²) in [4.78, 5) is 26.4. The molecular formula is C19H19BrN2O3. The molecule has 1 heterocycles. The van der Waals surface area contributed by atoms with Crippen LogP contribution < -0.4 is 5.32 Å². The van der Waals surface area contributed by atoms with Gasteiger partial charge in [-0.25, -0.2) is 4.79 Å². The molecule has 0 bridgehead atoms. The number of benzene rings is 2. The van der Waals surface area contributed by atoms with Crippen LogP contribution >= 0.6 is 15.9 Å². The monoisotopic (exact) mass is 402 g/mol. The number of fused-ring (bicyclic) bond motifs is 1. The Bertz CT molecular complexity index is 794. The molecule has 2 aromatic carbocycles. The molecule has 1 aliphatic heterocycles. The van der Waals surface area contributed by atoms with Gasteiger partial charge in [0.25, 0.3) is 0 Å². The minimum atomic E-state index is -0.452. The number of amides is 2. The first-order valence-electron chi connectivity index (χ1n) is 8.01. The second kappa shape index (κ2) is 7.70. The molecule has 0 spiro atoms. The summed E-state index contributed by atoms with van der Waals surface area (Å²) in [6, 6.07) is 15.3. The first kappa shape index (κ1) is 17.5. The van der Waals surface area contributed by atoms with Gasteiger partial charge < -0.3 is 15.0 Å². The van der Waals surface area contributed by atoms with Crippen LogP contribution in [0.3, 0.4) is 0 Å². The normalized spacial score (nSPS) is 16.1. The molecule has 1 aliphatic rings. The van der Waals surface area contributed by atoms with Crippen molar-refractivity contribution < 1.29 is 14.3 Å². The first-order chi connectivity index (χ1) is 12.1. The van der Waals surface area contributed by atoms with Crippen LogP contribution in [0.4, 0.5) is 4.79 Å². The van der Waals surface area contributed by atoms with E-state index in [9.17, 15) is 9.59 Å². The van der Waals surface area contributed by atoms with Crippen LogP contribution in [0.15, 0.2) is 53.0 Å². The Morgan fingerprint density at radius 3 is 2.80 bits per heavy atom. The fourth-order valence-electron chi connectivity index (χ4n) is 3.04. The predicted molar refractivity (Wildman–Crippen MR) is 98.0 cm³/mol. The van der Waals surface area contributed by atoms with Gasteiger partial charge in [-0.05, 0) is 28.8 Å². The molecule has 6 heteroatoms. The van der Waals surface area contributed by atoms with E-state index in [-0.39, 0.29) is 12.0 Å². The Balaban J connectivity index is 1.72. The summed E-state index contributed by atoms with van der Waals surface area (Å²) in [5, 5.41) is 2.92. The van der Waals surface area contributed by atoms with Crippen molar-refractivity contribution >= 4 is 27.9 Å². The molecule has 130 valence electrons. The van der Waals surface area contributed by atoms with Crippen molar-refractivity contribution in [2.45, 2.75) is 19.0 Å². The summed E-state index contributed by atoms with van der Waals surface area (Å²) in [7, 11) is 1.37. The summed E-state index contributed by atoms with van der Waals surface area (Å²) in [5.74, 6) is -0.775. The molecule has 2 aromatic rings. The maximum absolute atomic E-state index is 12.6. The summed E-state index contributed by atoms with van der Waals surface area (Å²) in [5.41, 5.74) is 2.91. The summed E-state index contributed by atoms with van der Waals surface area (Å²) >= 11 is 3.42. The van der Waals surface area contributed by atoms with E-state index in [4.69, 9.17) is 4.74 Å². The molecule has 0 aliphatic carbocycles. The first-order valence-corrected chi connectivity index (χ1v) is 8.80. The van der Waals surface area contributed by atoms with Gasteiger partial charge in [0.2, 0.25) is 0 Å². The number of nitrogens with one attached hydrogen (secondary N) is 1. The smallest absolute Gasteiger partial charge is 0.318 e. The minimum absolute atomic E-state index is 0.191. The molecule has 1 atom stereocenters. The molecule has 25 heavy (non-hydrogen) atoms. The van der Waals surface area contributed by atoms with Gasteiger partial charge in [0.05, 0.1) is 13.0 Å². The van der Waals surface area contributed by atoms with Crippen molar-refractivity contribution in [1.29, 1.82) is 0 Å². The number of carbonyl (C=O) groups is 2. The van der Waals surface area contributed by atoms with Crippen LogP contribution in [0.1, 0.15) is 22.6 Å². The number of ether oxygens (including phenoxy) is 1. The Morgan fingerprint density at radius 1 is 1.24 bits per heavy atom. The van der Waals surface area contributed by atoms with Crippen molar-refractivity contribution in [3.05, 3.63) is 69.7 Å². The number of esters is 1. The van der Waals surface area contributed by atoms with E-state index in [2.05, 4.69) is 21.2 Å². The minimum Gasteiger partial charge on any atom is -0.468 e. The average molecular weight is 403 g/mol. The fraction of sp³-hybridized carbons (Fsp3) is 0.263. The van der Waals surface area contributed by atoms with E-state index >= 15 is 0 Å². The van der Waals surface area contributed by atoms with Crippen LogP contribution in [0.5, 0.6) is 0 Å². The molecule has 1 N–H and O–H groups in total. The number of hydrogen-bond donors (Lipinski definition) is 1. The predicted octanol–water partition coefficient (Wildman–Crippen LogP) is 3.43. The number of hydrogen-bond acceptors (Lipinski definition) is 3. The zero-order chi connectivity index (χ0) is 17.8. The Kier molecular flexibility index (Phi) is 5.38. The molecule has 0 fully saturated rings. The van der Waals surface area contributed by atoms with Crippen molar-refractivity contribution in [3.63, 3.8) is 0 Å². The van der Waals surface area contributed by atoms with Crippen LogP contribution in [-0.2, 0) is 22.6 Å². The zero-order valence-electron chi connectivity index (χ0n) is 13.9. The van der Waals surface area contributed by atoms with Gasteiger partial charge in [0, 0.05) is 24.1 Å². The van der Waals surface area contributed by atoms with Gasteiger partial charge in [-0.3, -0.25) is 4.79 Å². The Labute approximate surface area is 155 Å². The highest BCUT2D eigenvalue weighted by molar-refractivity contribution is 9.10. The number of methoxy groups -OCH3 is 1. The molecule has 0 saturated heterocycles. The molecule has 3 rings (SSSR count). The molecule has 5 nitrogen and oxygen atoms in total. The standard InChI is InChI=1S/C19H19BrN2O3/c1-25-18(23)17-12-22(11-14-6-2-3-8-16(14)17)19(24)21-10-13-5-4-7-15(20)9-13/h2-9,17H,10-12H2,1H3,(H,21,24). The number of urea groups is 1. The number of rotatable bonds is 3. The van der Waals surface area contributed by atoms with Gasteiger partial charge in [-0.15, -0.1) is 0 Å². The van der Waals surface area contributed by atoms with Crippen molar-refractivity contribution in [3.8, 4) is 0 Å². The van der Waals surface area contributed by atoms with Gasteiger partial charge in [0.15, 0.2) is 0 Å². The molecular weight excluding hydrogens is 384 g/mol. The highest BCUT2D eigenvalue weighted by atomic mass is 79.9. The SMILES string of the molecule is COC(=O)C1CN(C(=O)NCc2cccc(Br)c2)Cc2ccccc21. The third kappa shape index (κ3) is 4.02. The van der Waals surface area contributed by atoms with Crippen molar-refractivity contribution in [1.82, 2.24) is 10.2 Å². The van der Waals surface area contributed by atoms with Crippen LogP contribution in [-0.4, -0.2) is 30.6 Å². The molecule has 0 saturated carbocycles. The van der Waals surface area contributed by atoms with E-state index in [1.54, 1.807) is 4.90 Å². The van der Waals surface area contributed by atoms with E-state index in [1.807, 2.05) is 48.5 Å². The van der Waals surface area contributed by atoms with E-state index < -0.39 is 5.92 Å². The van der Waals surface area contributed by atoms with Crippen molar-refractivity contribution in [2.24, 2.45) is 0 Å². The zero-order valence-corrected chi connectivity index (χ0v) is 15.5.